The molecule has 6 nitrogen and oxygen atoms in total. The van der Waals surface area contributed by atoms with E-state index in [1.165, 1.54) is 0 Å². The van der Waals surface area contributed by atoms with Crippen molar-refractivity contribution >= 4 is 16.9 Å². The van der Waals surface area contributed by atoms with E-state index in [0.29, 0.717) is 6.42 Å². The van der Waals surface area contributed by atoms with Crippen LogP contribution in [0.4, 0.5) is 0 Å². The summed E-state index contributed by atoms with van der Waals surface area (Å²) in [6, 6.07) is 15.6. The Labute approximate surface area is 158 Å². The van der Waals surface area contributed by atoms with E-state index in [-0.39, 0.29) is 5.91 Å². The van der Waals surface area contributed by atoms with E-state index in [4.69, 9.17) is 9.26 Å². The summed E-state index contributed by atoms with van der Waals surface area (Å²) in [5, 5.41) is 5.27. The highest BCUT2D eigenvalue weighted by molar-refractivity contribution is 5.79. The highest BCUT2D eigenvalue weighted by Crippen LogP contribution is 2.20. The lowest BCUT2D eigenvalue weighted by Crippen LogP contribution is -2.48. The van der Waals surface area contributed by atoms with E-state index in [1.807, 2.05) is 53.4 Å². The largest absolute Gasteiger partial charge is 0.497 e. The molecule has 140 valence electrons. The number of para-hydroxylation sites is 1. The van der Waals surface area contributed by atoms with Gasteiger partial charge in [0, 0.05) is 38.1 Å². The molecule has 1 saturated heterocycles. The maximum absolute atomic E-state index is 12.6. The van der Waals surface area contributed by atoms with Crippen LogP contribution >= 0.6 is 0 Å². The van der Waals surface area contributed by atoms with Crippen LogP contribution < -0.4 is 4.74 Å². The van der Waals surface area contributed by atoms with Gasteiger partial charge in [0.15, 0.2) is 5.58 Å². The predicted molar refractivity (Wildman–Crippen MR) is 103 cm³/mol. The smallest absolute Gasteiger partial charge is 0.227 e. The van der Waals surface area contributed by atoms with Gasteiger partial charge in [-0.15, -0.1) is 0 Å². The van der Waals surface area contributed by atoms with Gasteiger partial charge in [-0.3, -0.25) is 9.69 Å². The molecule has 1 fully saturated rings. The summed E-state index contributed by atoms with van der Waals surface area (Å²) in [5.41, 5.74) is 2.76. The first-order chi connectivity index (χ1) is 13.2. The summed E-state index contributed by atoms with van der Waals surface area (Å²) >= 11 is 0. The van der Waals surface area contributed by atoms with Crippen LogP contribution in [0.5, 0.6) is 5.75 Å². The lowest BCUT2D eigenvalue weighted by atomic mass is 10.1. The van der Waals surface area contributed by atoms with Crippen LogP contribution in [0, 0.1) is 0 Å². The topological polar surface area (TPSA) is 58.8 Å². The zero-order chi connectivity index (χ0) is 18.6. The molecule has 6 heteroatoms. The van der Waals surface area contributed by atoms with Gasteiger partial charge in [0.2, 0.25) is 5.91 Å². The third kappa shape index (κ3) is 3.95. The molecular weight excluding hydrogens is 342 g/mol. The zero-order valence-corrected chi connectivity index (χ0v) is 15.4. The fourth-order valence-corrected chi connectivity index (χ4v) is 3.49. The van der Waals surface area contributed by atoms with Crippen molar-refractivity contribution in [3.63, 3.8) is 0 Å². The van der Waals surface area contributed by atoms with E-state index in [2.05, 4.69) is 10.1 Å². The average molecular weight is 365 g/mol. The Morgan fingerprint density at radius 3 is 2.74 bits per heavy atom. The molecule has 0 radical (unpaired) electrons. The van der Waals surface area contributed by atoms with Gasteiger partial charge in [-0.2, -0.15) is 0 Å². The standard InChI is InChI=1S/C21H23N3O3/c1-26-17-6-4-5-16(13-17)14-21(25)24-11-9-23(10-12-24)15-19-18-7-2-3-8-20(18)27-22-19/h2-8,13H,9-12,14-15H2,1H3. The SMILES string of the molecule is COc1cccc(CC(=O)N2CCN(Cc3noc4ccccc34)CC2)c1. The van der Waals surface area contributed by atoms with Crippen molar-refractivity contribution in [2.24, 2.45) is 0 Å². The lowest BCUT2D eigenvalue weighted by Gasteiger charge is -2.34. The zero-order valence-electron chi connectivity index (χ0n) is 15.4. The number of hydrogen-bond acceptors (Lipinski definition) is 5. The maximum Gasteiger partial charge on any atom is 0.227 e. The first-order valence-electron chi connectivity index (χ1n) is 9.19. The van der Waals surface area contributed by atoms with Gasteiger partial charge in [-0.1, -0.05) is 29.4 Å². The van der Waals surface area contributed by atoms with Crippen LogP contribution in [-0.4, -0.2) is 54.2 Å². The molecule has 4 rings (SSSR count). The second kappa shape index (κ2) is 7.80. The number of methoxy groups -OCH3 is 1. The predicted octanol–water partition coefficient (Wildman–Crippen LogP) is 2.72. The average Bonchev–Trinajstić information content (AvgIpc) is 3.11. The maximum atomic E-state index is 12.6. The molecule has 3 aromatic rings. The summed E-state index contributed by atoms with van der Waals surface area (Å²) in [6.45, 7) is 3.89. The summed E-state index contributed by atoms with van der Waals surface area (Å²) < 4.78 is 10.6. The first kappa shape index (κ1) is 17.5. The molecular formula is C21H23N3O3. The van der Waals surface area contributed by atoms with Gasteiger partial charge >= 0.3 is 0 Å². The van der Waals surface area contributed by atoms with E-state index in [1.54, 1.807) is 7.11 Å². The van der Waals surface area contributed by atoms with Gasteiger partial charge in [0.1, 0.15) is 11.4 Å². The van der Waals surface area contributed by atoms with Crippen molar-refractivity contribution in [2.75, 3.05) is 33.3 Å². The Bertz CT molecular complexity index is 929. The molecule has 0 atom stereocenters. The molecule has 0 unspecified atom stereocenters. The number of piperazine rings is 1. The van der Waals surface area contributed by atoms with E-state index < -0.39 is 0 Å². The van der Waals surface area contributed by atoms with Crippen LogP contribution in [-0.2, 0) is 17.8 Å². The number of benzene rings is 2. The molecule has 1 amide bonds. The van der Waals surface area contributed by atoms with Crippen LogP contribution in [0.25, 0.3) is 11.0 Å². The summed E-state index contributed by atoms with van der Waals surface area (Å²) in [6.07, 6.45) is 0.408. The van der Waals surface area contributed by atoms with Gasteiger partial charge in [-0.05, 0) is 29.8 Å². The van der Waals surface area contributed by atoms with E-state index in [9.17, 15) is 4.79 Å². The minimum absolute atomic E-state index is 0.162. The third-order valence-corrected chi connectivity index (χ3v) is 5.04. The molecule has 2 aromatic carbocycles. The third-order valence-electron chi connectivity index (χ3n) is 5.04. The number of carbonyl (C=O) groups is 1. The van der Waals surface area contributed by atoms with Crippen molar-refractivity contribution in [3.8, 4) is 5.75 Å². The Balaban J connectivity index is 1.32. The van der Waals surface area contributed by atoms with Crippen LogP contribution in [0.2, 0.25) is 0 Å². The fourth-order valence-electron chi connectivity index (χ4n) is 3.49. The molecule has 1 aliphatic rings. The molecule has 2 heterocycles. The highest BCUT2D eigenvalue weighted by Gasteiger charge is 2.22. The second-order valence-electron chi connectivity index (χ2n) is 6.81. The van der Waals surface area contributed by atoms with Gasteiger partial charge in [-0.25, -0.2) is 0 Å². The van der Waals surface area contributed by atoms with Crippen LogP contribution in [0.1, 0.15) is 11.3 Å². The number of nitrogens with zero attached hydrogens (tertiary/aromatic N) is 3. The number of rotatable bonds is 5. The minimum Gasteiger partial charge on any atom is -0.497 e. The van der Waals surface area contributed by atoms with Crippen molar-refractivity contribution in [1.82, 2.24) is 15.0 Å². The Morgan fingerprint density at radius 2 is 1.93 bits per heavy atom. The monoisotopic (exact) mass is 365 g/mol. The number of amides is 1. The second-order valence-corrected chi connectivity index (χ2v) is 6.81. The molecule has 0 saturated carbocycles. The number of hydrogen-bond donors (Lipinski definition) is 0. The highest BCUT2D eigenvalue weighted by atomic mass is 16.5. The Hall–Kier alpha value is -2.86. The molecule has 1 aliphatic heterocycles. The number of fused-ring (bicyclic) bond motifs is 1. The summed E-state index contributed by atoms with van der Waals surface area (Å²) in [5.74, 6) is 0.944. The molecule has 1 aromatic heterocycles. The van der Waals surface area contributed by atoms with E-state index in [0.717, 1.165) is 60.7 Å². The van der Waals surface area contributed by atoms with Gasteiger partial charge in [0.25, 0.3) is 0 Å². The first-order valence-corrected chi connectivity index (χ1v) is 9.19. The number of carbonyl (C=O) groups excluding carboxylic acids is 1. The van der Waals surface area contributed by atoms with Crippen molar-refractivity contribution in [2.45, 2.75) is 13.0 Å². The lowest BCUT2D eigenvalue weighted by molar-refractivity contribution is -0.132. The van der Waals surface area contributed by atoms with Gasteiger partial charge in [0.05, 0.1) is 13.5 Å². The molecule has 0 aliphatic carbocycles. The van der Waals surface area contributed by atoms with Crippen LogP contribution in [0.15, 0.2) is 53.1 Å². The summed E-state index contributed by atoms with van der Waals surface area (Å²) in [7, 11) is 1.64. The molecule has 0 N–H and O–H groups in total. The van der Waals surface area contributed by atoms with E-state index >= 15 is 0 Å². The van der Waals surface area contributed by atoms with Crippen molar-refractivity contribution in [3.05, 3.63) is 59.8 Å². The molecule has 27 heavy (non-hydrogen) atoms. The van der Waals surface area contributed by atoms with Crippen molar-refractivity contribution in [1.29, 1.82) is 0 Å². The fraction of sp³-hybridized carbons (Fsp3) is 0.333. The summed E-state index contributed by atoms with van der Waals surface area (Å²) in [4.78, 5) is 16.9. The Kier molecular flexibility index (Phi) is 5.07. The van der Waals surface area contributed by atoms with Crippen LogP contribution in [0.3, 0.4) is 0 Å². The quantitative estimate of drug-likeness (QED) is 0.696. The number of ether oxygens (including phenoxy) is 1. The minimum atomic E-state index is 0.162. The van der Waals surface area contributed by atoms with Crippen molar-refractivity contribution < 1.29 is 14.1 Å². The number of aromatic nitrogens is 1. The normalized spacial score (nSPS) is 15.2. The Morgan fingerprint density at radius 1 is 1.11 bits per heavy atom. The molecule has 0 bridgehead atoms. The van der Waals surface area contributed by atoms with Gasteiger partial charge < -0.3 is 14.2 Å². The molecule has 0 spiro atoms.